The molecule has 0 spiro atoms. The van der Waals surface area contributed by atoms with Gasteiger partial charge in [-0.3, -0.25) is 0 Å². The minimum absolute atomic E-state index is 0.0478. The molecule has 7 nitrogen and oxygen atoms in total. The van der Waals surface area contributed by atoms with Gasteiger partial charge in [-0.1, -0.05) is 24.3 Å². The number of rotatable bonds is 5. The first-order chi connectivity index (χ1) is 11.3. The van der Waals surface area contributed by atoms with Gasteiger partial charge in [0.1, 0.15) is 0 Å². The van der Waals surface area contributed by atoms with Gasteiger partial charge in [0.15, 0.2) is 5.65 Å². The maximum atomic E-state index is 11.9. The Bertz CT molecular complexity index is 815. The summed E-state index contributed by atoms with van der Waals surface area (Å²) in [6.45, 7) is 0.651. The Labute approximate surface area is 133 Å². The molecule has 7 heteroatoms. The monoisotopic (exact) mass is 311 g/mol. The smallest absolute Gasteiger partial charge is 0.315 e. The first-order valence-electron chi connectivity index (χ1n) is 7.25. The van der Waals surface area contributed by atoms with Gasteiger partial charge in [-0.2, -0.15) is 5.10 Å². The summed E-state index contributed by atoms with van der Waals surface area (Å²) in [7, 11) is 0. The summed E-state index contributed by atoms with van der Waals surface area (Å²) in [6, 6.07) is 10.8. The van der Waals surface area contributed by atoms with E-state index in [1.807, 2.05) is 24.3 Å². The first-order valence-corrected chi connectivity index (χ1v) is 7.25. The summed E-state index contributed by atoms with van der Waals surface area (Å²) in [5.74, 6) is 0. The minimum atomic E-state index is -0.283. The molecule has 23 heavy (non-hydrogen) atoms. The molecule has 3 aromatic rings. The van der Waals surface area contributed by atoms with Crippen molar-refractivity contribution in [3.8, 4) is 0 Å². The number of hydrogen-bond acceptors (Lipinski definition) is 4. The second-order valence-electron chi connectivity index (χ2n) is 5.00. The molecule has 0 saturated carbocycles. The molecule has 2 amide bonds. The Morgan fingerprint density at radius 3 is 2.65 bits per heavy atom. The molecule has 3 N–H and O–H groups in total. The summed E-state index contributed by atoms with van der Waals surface area (Å²) in [4.78, 5) is 16.1. The standard InChI is InChI=1S/C16H17N5O2/c22-11-13-4-2-1-3-12(13)9-18-16(23)19-10-14-5-7-17-15-6-8-20-21(14)15/h1-8,22H,9-11H2,(H2,18,19,23). The van der Waals surface area contributed by atoms with Crippen LogP contribution in [0.15, 0.2) is 48.8 Å². The van der Waals surface area contributed by atoms with Gasteiger partial charge in [-0.05, 0) is 17.2 Å². The van der Waals surface area contributed by atoms with Gasteiger partial charge in [0, 0.05) is 18.8 Å². The molecule has 0 fully saturated rings. The Morgan fingerprint density at radius 1 is 1.04 bits per heavy atom. The van der Waals surface area contributed by atoms with Crippen LogP contribution in [-0.2, 0) is 19.7 Å². The minimum Gasteiger partial charge on any atom is -0.392 e. The van der Waals surface area contributed by atoms with Gasteiger partial charge < -0.3 is 15.7 Å². The molecule has 0 atom stereocenters. The second-order valence-corrected chi connectivity index (χ2v) is 5.00. The third kappa shape index (κ3) is 3.46. The van der Waals surface area contributed by atoms with Crippen LogP contribution in [0.25, 0.3) is 5.65 Å². The fourth-order valence-electron chi connectivity index (χ4n) is 2.31. The highest BCUT2D eigenvalue weighted by Crippen LogP contribution is 2.08. The van der Waals surface area contributed by atoms with E-state index in [4.69, 9.17) is 0 Å². The van der Waals surface area contributed by atoms with Crippen molar-refractivity contribution >= 4 is 11.7 Å². The lowest BCUT2D eigenvalue weighted by Crippen LogP contribution is -2.35. The number of carbonyl (C=O) groups excluding carboxylic acids is 1. The summed E-state index contributed by atoms with van der Waals surface area (Å²) in [6.07, 6.45) is 3.35. The van der Waals surface area contributed by atoms with Gasteiger partial charge in [-0.25, -0.2) is 14.3 Å². The predicted molar refractivity (Wildman–Crippen MR) is 84.4 cm³/mol. The number of aliphatic hydroxyl groups excluding tert-OH is 1. The molecule has 3 rings (SSSR count). The van der Waals surface area contributed by atoms with E-state index in [2.05, 4.69) is 20.7 Å². The van der Waals surface area contributed by atoms with Crippen LogP contribution < -0.4 is 10.6 Å². The third-order valence-corrected chi connectivity index (χ3v) is 3.53. The van der Waals surface area contributed by atoms with Crippen molar-refractivity contribution in [2.45, 2.75) is 19.7 Å². The maximum absolute atomic E-state index is 11.9. The van der Waals surface area contributed by atoms with Crippen molar-refractivity contribution in [2.24, 2.45) is 0 Å². The quantitative estimate of drug-likeness (QED) is 0.661. The molecular weight excluding hydrogens is 294 g/mol. The molecule has 1 aromatic carbocycles. The molecule has 0 aliphatic rings. The van der Waals surface area contributed by atoms with Crippen molar-refractivity contribution in [1.82, 2.24) is 25.2 Å². The lowest BCUT2D eigenvalue weighted by atomic mass is 10.1. The zero-order valence-corrected chi connectivity index (χ0v) is 12.4. The van der Waals surface area contributed by atoms with E-state index in [9.17, 15) is 9.90 Å². The Hall–Kier alpha value is -2.93. The highest BCUT2D eigenvalue weighted by Gasteiger charge is 2.06. The molecule has 0 bridgehead atoms. The average Bonchev–Trinajstić information content (AvgIpc) is 3.07. The van der Waals surface area contributed by atoms with Gasteiger partial charge >= 0.3 is 6.03 Å². The van der Waals surface area contributed by atoms with Crippen molar-refractivity contribution < 1.29 is 9.90 Å². The Kier molecular flexibility index (Phi) is 4.49. The van der Waals surface area contributed by atoms with Crippen molar-refractivity contribution in [3.63, 3.8) is 0 Å². The van der Waals surface area contributed by atoms with Gasteiger partial charge in [0.2, 0.25) is 0 Å². The number of fused-ring (bicyclic) bond motifs is 1. The Morgan fingerprint density at radius 2 is 1.83 bits per heavy atom. The van der Waals surface area contributed by atoms with Crippen LogP contribution in [0.1, 0.15) is 16.8 Å². The SMILES string of the molecule is O=C(NCc1ccccc1CO)NCc1ccnc2ccnn12. The first kappa shape index (κ1) is 15.0. The van der Waals surface area contributed by atoms with E-state index >= 15 is 0 Å². The number of aromatic nitrogens is 3. The third-order valence-electron chi connectivity index (χ3n) is 3.53. The van der Waals surface area contributed by atoms with Crippen LogP contribution in [0.5, 0.6) is 0 Å². The summed E-state index contributed by atoms with van der Waals surface area (Å²) in [5.41, 5.74) is 3.27. The lowest BCUT2D eigenvalue weighted by Gasteiger charge is -2.10. The number of nitrogens with zero attached hydrogens (tertiary/aromatic N) is 3. The van der Waals surface area contributed by atoms with Gasteiger partial charge in [0.25, 0.3) is 0 Å². The average molecular weight is 311 g/mol. The van der Waals surface area contributed by atoms with Crippen LogP contribution in [0.2, 0.25) is 0 Å². The molecule has 0 unspecified atom stereocenters. The second kappa shape index (κ2) is 6.89. The molecule has 0 aliphatic carbocycles. The summed E-state index contributed by atoms with van der Waals surface area (Å²) < 4.78 is 1.68. The van der Waals surface area contributed by atoms with E-state index in [1.54, 1.807) is 29.0 Å². The number of amides is 2. The Balaban J connectivity index is 1.57. The highest BCUT2D eigenvalue weighted by molar-refractivity contribution is 5.73. The van der Waals surface area contributed by atoms with Crippen LogP contribution in [0.3, 0.4) is 0 Å². The number of carbonyl (C=O) groups is 1. The molecular formula is C16H17N5O2. The topological polar surface area (TPSA) is 91.5 Å². The normalized spacial score (nSPS) is 10.7. The van der Waals surface area contributed by atoms with Gasteiger partial charge in [-0.15, -0.1) is 0 Å². The largest absolute Gasteiger partial charge is 0.392 e. The number of hydrogen-bond donors (Lipinski definition) is 3. The van der Waals surface area contributed by atoms with E-state index in [1.165, 1.54) is 0 Å². The number of nitrogens with one attached hydrogen (secondary N) is 2. The number of benzene rings is 1. The summed E-state index contributed by atoms with van der Waals surface area (Å²) >= 11 is 0. The summed E-state index contributed by atoms with van der Waals surface area (Å²) in [5, 5.41) is 19.0. The number of urea groups is 1. The van der Waals surface area contributed by atoms with Crippen molar-refractivity contribution in [1.29, 1.82) is 0 Å². The molecule has 0 saturated heterocycles. The fraction of sp³-hybridized carbons (Fsp3) is 0.188. The van der Waals surface area contributed by atoms with E-state index in [0.29, 0.717) is 13.1 Å². The van der Waals surface area contributed by atoms with E-state index < -0.39 is 0 Å². The van der Waals surface area contributed by atoms with Crippen LogP contribution in [0.4, 0.5) is 4.79 Å². The van der Waals surface area contributed by atoms with Crippen LogP contribution in [0, 0.1) is 0 Å². The fourth-order valence-corrected chi connectivity index (χ4v) is 2.31. The highest BCUT2D eigenvalue weighted by atomic mass is 16.3. The molecule has 2 aromatic heterocycles. The van der Waals surface area contributed by atoms with Crippen LogP contribution in [-0.4, -0.2) is 25.7 Å². The molecule has 0 aliphatic heterocycles. The van der Waals surface area contributed by atoms with E-state index in [0.717, 1.165) is 22.5 Å². The zero-order chi connectivity index (χ0) is 16.1. The van der Waals surface area contributed by atoms with Crippen LogP contribution >= 0.6 is 0 Å². The van der Waals surface area contributed by atoms with Crippen molar-refractivity contribution in [2.75, 3.05) is 0 Å². The molecule has 118 valence electrons. The van der Waals surface area contributed by atoms with E-state index in [-0.39, 0.29) is 12.6 Å². The molecule has 2 heterocycles. The number of aliphatic hydroxyl groups is 1. The maximum Gasteiger partial charge on any atom is 0.315 e. The molecule has 0 radical (unpaired) electrons. The lowest BCUT2D eigenvalue weighted by molar-refractivity contribution is 0.239. The van der Waals surface area contributed by atoms with Gasteiger partial charge in [0.05, 0.1) is 25.0 Å². The van der Waals surface area contributed by atoms with Crippen molar-refractivity contribution in [3.05, 3.63) is 65.6 Å². The predicted octanol–water partition coefficient (Wildman–Crippen LogP) is 1.22. The zero-order valence-electron chi connectivity index (χ0n) is 12.4.